The van der Waals surface area contributed by atoms with Gasteiger partial charge in [0, 0.05) is 19.8 Å². The maximum atomic E-state index is 13.1. The minimum atomic E-state index is -0.322. The standard InChI is InChI=1S/C20H22FN7O2/c1-28(2)20-25-18(23-15-8-6-14(21)7-9-15)24-19(26-20)27-22-12-13-5-10-16(29-3)17(11-13)30-4/h5-12H,1-4H3,(H2,23,24,25,26,27)/b22-12+. The molecular formula is C20H22FN7O2. The van der Waals surface area contributed by atoms with Crippen LogP contribution in [0, 0.1) is 5.82 Å². The van der Waals surface area contributed by atoms with E-state index in [4.69, 9.17) is 9.47 Å². The number of rotatable bonds is 8. The summed E-state index contributed by atoms with van der Waals surface area (Å²) in [6, 6.07) is 11.3. The van der Waals surface area contributed by atoms with Crippen LogP contribution in [0.4, 0.5) is 27.9 Å². The molecule has 1 aromatic heterocycles. The highest BCUT2D eigenvalue weighted by Crippen LogP contribution is 2.27. The van der Waals surface area contributed by atoms with Gasteiger partial charge in [0.2, 0.25) is 17.8 Å². The highest BCUT2D eigenvalue weighted by Gasteiger charge is 2.09. The van der Waals surface area contributed by atoms with Gasteiger partial charge in [-0.15, -0.1) is 0 Å². The second kappa shape index (κ2) is 9.50. The Morgan fingerprint density at radius 1 is 0.933 bits per heavy atom. The molecule has 2 N–H and O–H groups in total. The predicted octanol–water partition coefficient (Wildman–Crippen LogP) is 3.28. The van der Waals surface area contributed by atoms with Crippen molar-refractivity contribution in [1.29, 1.82) is 0 Å². The summed E-state index contributed by atoms with van der Waals surface area (Å²) in [5, 5.41) is 7.21. The number of hydrazone groups is 1. The third-order valence-electron chi connectivity index (χ3n) is 3.91. The number of anilines is 4. The van der Waals surface area contributed by atoms with Crippen LogP contribution >= 0.6 is 0 Å². The minimum absolute atomic E-state index is 0.245. The van der Waals surface area contributed by atoms with E-state index in [2.05, 4.69) is 30.8 Å². The Bertz CT molecular complexity index is 1030. The number of halogens is 1. The average molecular weight is 411 g/mol. The monoisotopic (exact) mass is 411 g/mol. The summed E-state index contributed by atoms with van der Waals surface area (Å²) < 4.78 is 23.6. The molecule has 2 aromatic carbocycles. The van der Waals surface area contributed by atoms with Crippen molar-refractivity contribution in [2.75, 3.05) is 44.0 Å². The number of hydrogen-bond acceptors (Lipinski definition) is 9. The maximum absolute atomic E-state index is 13.1. The Balaban J connectivity index is 1.78. The van der Waals surface area contributed by atoms with Gasteiger partial charge in [-0.2, -0.15) is 20.1 Å². The smallest absolute Gasteiger partial charge is 0.250 e. The molecule has 0 bridgehead atoms. The van der Waals surface area contributed by atoms with E-state index in [-0.39, 0.29) is 11.8 Å². The van der Waals surface area contributed by atoms with Crippen LogP contribution in [0.25, 0.3) is 0 Å². The molecule has 1 heterocycles. The van der Waals surface area contributed by atoms with Crippen LogP contribution in [-0.4, -0.2) is 49.5 Å². The molecule has 0 saturated heterocycles. The lowest BCUT2D eigenvalue weighted by Crippen LogP contribution is -2.15. The first-order valence-corrected chi connectivity index (χ1v) is 8.95. The fraction of sp³-hybridized carbons (Fsp3) is 0.200. The van der Waals surface area contributed by atoms with Crippen molar-refractivity contribution < 1.29 is 13.9 Å². The summed E-state index contributed by atoms with van der Waals surface area (Å²) in [4.78, 5) is 14.7. The van der Waals surface area contributed by atoms with E-state index >= 15 is 0 Å². The van der Waals surface area contributed by atoms with Crippen LogP contribution in [0.2, 0.25) is 0 Å². The van der Waals surface area contributed by atoms with Gasteiger partial charge in [-0.25, -0.2) is 9.82 Å². The van der Waals surface area contributed by atoms with Gasteiger partial charge in [-0.05, 0) is 48.0 Å². The first-order chi connectivity index (χ1) is 14.5. The molecule has 0 spiro atoms. The summed E-state index contributed by atoms with van der Waals surface area (Å²) >= 11 is 0. The molecular weight excluding hydrogens is 389 g/mol. The van der Waals surface area contributed by atoms with Crippen LogP contribution in [0.3, 0.4) is 0 Å². The molecule has 3 aromatic rings. The molecule has 0 saturated carbocycles. The zero-order valence-corrected chi connectivity index (χ0v) is 17.0. The fourth-order valence-electron chi connectivity index (χ4n) is 2.43. The third-order valence-corrected chi connectivity index (χ3v) is 3.91. The normalized spacial score (nSPS) is 10.7. The van der Waals surface area contributed by atoms with Gasteiger partial charge in [0.25, 0.3) is 0 Å². The molecule has 0 atom stereocenters. The van der Waals surface area contributed by atoms with Crippen molar-refractivity contribution in [2.45, 2.75) is 0 Å². The first-order valence-electron chi connectivity index (χ1n) is 8.95. The number of benzene rings is 2. The van der Waals surface area contributed by atoms with E-state index in [1.54, 1.807) is 49.6 Å². The highest BCUT2D eigenvalue weighted by molar-refractivity contribution is 5.81. The van der Waals surface area contributed by atoms with Crippen LogP contribution in [0.5, 0.6) is 11.5 Å². The van der Waals surface area contributed by atoms with Crippen molar-refractivity contribution >= 4 is 29.7 Å². The number of hydrogen-bond donors (Lipinski definition) is 2. The maximum Gasteiger partial charge on any atom is 0.250 e. The van der Waals surface area contributed by atoms with Crippen molar-refractivity contribution in [3.63, 3.8) is 0 Å². The van der Waals surface area contributed by atoms with E-state index in [0.717, 1.165) is 5.56 Å². The Morgan fingerprint density at radius 2 is 1.63 bits per heavy atom. The van der Waals surface area contributed by atoms with Gasteiger partial charge >= 0.3 is 0 Å². The van der Waals surface area contributed by atoms with Gasteiger partial charge < -0.3 is 19.7 Å². The SMILES string of the molecule is COc1ccc(/C=N/Nc2nc(Nc3ccc(F)cc3)nc(N(C)C)n2)cc1OC. The number of ether oxygens (including phenoxy) is 2. The van der Waals surface area contributed by atoms with E-state index in [0.29, 0.717) is 29.1 Å². The van der Waals surface area contributed by atoms with Crippen molar-refractivity contribution in [2.24, 2.45) is 5.10 Å². The number of methoxy groups -OCH3 is 2. The van der Waals surface area contributed by atoms with Crippen molar-refractivity contribution in [3.05, 3.63) is 53.8 Å². The van der Waals surface area contributed by atoms with Crippen LogP contribution in [0.1, 0.15) is 5.56 Å². The van der Waals surface area contributed by atoms with Gasteiger partial charge in [-0.1, -0.05) is 0 Å². The molecule has 0 aliphatic carbocycles. The lowest BCUT2D eigenvalue weighted by molar-refractivity contribution is 0.355. The third kappa shape index (κ3) is 5.31. The molecule has 10 heteroatoms. The largest absolute Gasteiger partial charge is 0.493 e. The molecule has 9 nitrogen and oxygen atoms in total. The Labute approximate surface area is 173 Å². The average Bonchev–Trinajstić information content (AvgIpc) is 2.75. The van der Waals surface area contributed by atoms with E-state index < -0.39 is 0 Å². The van der Waals surface area contributed by atoms with E-state index in [9.17, 15) is 4.39 Å². The summed E-state index contributed by atoms with van der Waals surface area (Å²) in [5.74, 6) is 1.88. The molecule has 0 aliphatic heterocycles. The summed E-state index contributed by atoms with van der Waals surface area (Å²) in [7, 11) is 6.77. The minimum Gasteiger partial charge on any atom is -0.493 e. The molecule has 30 heavy (non-hydrogen) atoms. The van der Waals surface area contributed by atoms with Gasteiger partial charge in [0.15, 0.2) is 11.5 Å². The molecule has 0 radical (unpaired) electrons. The second-order valence-electron chi connectivity index (χ2n) is 6.29. The molecule has 0 aliphatic rings. The van der Waals surface area contributed by atoms with Gasteiger partial charge in [-0.3, -0.25) is 0 Å². The van der Waals surface area contributed by atoms with E-state index in [1.165, 1.54) is 12.1 Å². The highest BCUT2D eigenvalue weighted by atomic mass is 19.1. The lowest BCUT2D eigenvalue weighted by Gasteiger charge is -2.13. The quantitative estimate of drug-likeness (QED) is 0.431. The molecule has 0 unspecified atom stereocenters. The first kappa shape index (κ1) is 20.8. The number of nitrogens with one attached hydrogen (secondary N) is 2. The van der Waals surface area contributed by atoms with Gasteiger partial charge in [0.05, 0.1) is 20.4 Å². The zero-order valence-electron chi connectivity index (χ0n) is 17.0. The zero-order chi connectivity index (χ0) is 21.5. The molecule has 3 rings (SSSR count). The van der Waals surface area contributed by atoms with Crippen LogP contribution < -0.4 is 25.1 Å². The van der Waals surface area contributed by atoms with E-state index in [1.807, 2.05) is 20.2 Å². The fourth-order valence-corrected chi connectivity index (χ4v) is 2.43. The predicted molar refractivity (Wildman–Crippen MR) is 115 cm³/mol. The van der Waals surface area contributed by atoms with Gasteiger partial charge in [0.1, 0.15) is 5.82 Å². The topological polar surface area (TPSA) is 96.8 Å². The lowest BCUT2D eigenvalue weighted by atomic mass is 10.2. The Hall–Kier alpha value is -3.95. The Kier molecular flexibility index (Phi) is 6.58. The van der Waals surface area contributed by atoms with Crippen molar-refractivity contribution in [1.82, 2.24) is 15.0 Å². The Morgan fingerprint density at radius 3 is 2.30 bits per heavy atom. The summed E-state index contributed by atoms with van der Waals surface area (Å²) in [5.41, 5.74) is 4.24. The van der Waals surface area contributed by atoms with Crippen LogP contribution in [-0.2, 0) is 0 Å². The molecule has 156 valence electrons. The number of aromatic nitrogens is 3. The molecule has 0 fully saturated rings. The van der Waals surface area contributed by atoms with Crippen molar-refractivity contribution in [3.8, 4) is 11.5 Å². The van der Waals surface area contributed by atoms with Crippen LogP contribution in [0.15, 0.2) is 47.6 Å². The number of nitrogens with zero attached hydrogens (tertiary/aromatic N) is 5. The second-order valence-corrected chi connectivity index (χ2v) is 6.29. The summed E-state index contributed by atoms with van der Waals surface area (Å²) in [6.45, 7) is 0. The molecule has 0 amide bonds. The summed E-state index contributed by atoms with van der Waals surface area (Å²) in [6.07, 6.45) is 1.61.